The van der Waals surface area contributed by atoms with Crippen LogP contribution < -0.4 is 16.1 Å². The molecule has 4 fully saturated rings. The fourth-order valence-corrected chi connectivity index (χ4v) is 4.25. The van der Waals surface area contributed by atoms with Crippen LogP contribution in [0, 0.1) is 11.8 Å². The third-order valence-electron chi connectivity index (χ3n) is 5.45. The molecule has 3 heterocycles. The van der Waals surface area contributed by atoms with Gasteiger partial charge in [-0.3, -0.25) is 10.2 Å². The van der Waals surface area contributed by atoms with Crippen LogP contribution in [0.15, 0.2) is 0 Å². The largest absolute Gasteiger partial charge is 0.447 e. The summed E-state index contributed by atoms with van der Waals surface area (Å²) in [6, 6.07) is 0. The Morgan fingerprint density at radius 3 is 2.95 bits per heavy atom. The Kier molecular flexibility index (Phi) is 3.33. The van der Waals surface area contributed by atoms with Gasteiger partial charge in [0.25, 0.3) is 0 Å². The molecule has 4 aliphatic rings. The molecule has 0 aromatic carbocycles. The first-order valence-corrected chi connectivity index (χ1v) is 7.94. The third kappa shape index (κ3) is 2.23. The molecule has 1 spiro atoms. The number of ether oxygens (including phenoxy) is 2. The number of alkyl carbamates (subject to hydrolysis) is 1. The first kappa shape index (κ1) is 13.8. The molecule has 5 unspecified atom stereocenters. The molecule has 4 rings (SSSR count). The molecule has 0 aromatic rings. The highest BCUT2D eigenvalue weighted by atomic mass is 16.7. The van der Waals surface area contributed by atoms with Crippen LogP contribution in [0.3, 0.4) is 0 Å². The Bertz CT molecular complexity index is 434. The predicted molar refractivity (Wildman–Crippen MR) is 73.0 cm³/mol. The lowest BCUT2D eigenvalue weighted by Crippen LogP contribution is -2.53. The van der Waals surface area contributed by atoms with Crippen LogP contribution in [-0.2, 0) is 14.3 Å². The van der Waals surface area contributed by atoms with Crippen molar-refractivity contribution in [3.8, 4) is 0 Å². The molecule has 118 valence electrons. The van der Waals surface area contributed by atoms with Crippen molar-refractivity contribution < 1.29 is 19.1 Å². The van der Waals surface area contributed by atoms with Gasteiger partial charge >= 0.3 is 6.09 Å². The first-order chi connectivity index (χ1) is 10.2. The molecule has 3 N–H and O–H groups in total. The maximum atomic E-state index is 11.4. The average Bonchev–Trinajstić information content (AvgIpc) is 3.19. The van der Waals surface area contributed by atoms with Crippen LogP contribution >= 0.6 is 0 Å². The zero-order valence-electron chi connectivity index (χ0n) is 12.3. The van der Waals surface area contributed by atoms with Crippen molar-refractivity contribution in [3.63, 3.8) is 0 Å². The second kappa shape index (κ2) is 5.08. The van der Waals surface area contributed by atoms with Crippen LogP contribution in [0.4, 0.5) is 4.79 Å². The lowest BCUT2D eigenvalue weighted by molar-refractivity contribution is 0.00235. The van der Waals surface area contributed by atoms with Gasteiger partial charge in [-0.1, -0.05) is 6.92 Å². The van der Waals surface area contributed by atoms with E-state index in [2.05, 4.69) is 23.0 Å². The van der Waals surface area contributed by atoms with E-state index in [4.69, 9.17) is 14.3 Å². The summed E-state index contributed by atoms with van der Waals surface area (Å²) in [7, 11) is 0. The standard InChI is InChI=1S/C14H23N3O4/c1-2-11-15-12(17-21-11)8-3-4-9-10(5-8)19-6-14(9)7-20-13(18)16-14/h8-12,15,17H,2-7H2,1H3,(H,16,18)/t8?,9?,10?,11?,12?,14-/m1/s1. The van der Waals surface area contributed by atoms with Gasteiger partial charge in [-0.25, -0.2) is 4.79 Å². The highest BCUT2D eigenvalue weighted by Gasteiger charge is 2.56. The number of carbonyl (C=O) groups excluding carboxylic acids is 1. The quantitative estimate of drug-likeness (QED) is 0.687. The van der Waals surface area contributed by atoms with Gasteiger partial charge in [0.1, 0.15) is 18.4 Å². The van der Waals surface area contributed by atoms with E-state index in [1.807, 2.05) is 0 Å². The summed E-state index contributed by atoms with van der Waals surface area (Å²) in [5.41, 5.74) is 2.83. The summed E-state index contributed by atoms with van der Waals surface area (Å²) in [5.74, 6) is 0.862. The minimum absolute atomic E-state index is 0.103. The van der Waals surface area contributed by atoms with Crippen molar-refractivity contribution in [2.24, 2.45) is 11.8 Å². The van der Waals surface area contributed by atoms with Crippen molar-refractivity contribution in [3.05, 3.63) is 0 Å². The number of amides is 1. The zero-order valence-corrected chi connectivity index (χ0v) is 12.3. The molecule has 6 atom stereocenters. The molecular weight excluding hydrogens is 274 g/mol. The topological polar surface area (TPSA) is 80.9 Å². The zero-order chi connectivity index (χ0) is 14.4. The van der Waals surface area contributed by atoms with Crippen molar-refractivity contribution in [1.82, 2.24) is 16.1 Å². The van der Waals surface area contributed by atoms with E-state index < -0.39 is 0 Å². The van der Waals surface area contributed by atoms with Crippen molar-refractivity contribution >= 4 is 6.09 Å². The van der Waals surface area contributed by atoms with Gasteiger partial charge in [0.05, 0.1) is 18.9 Å². The van der Waals surface area contributed by atoms with Crippen molar-refractivity contribution in [1.29, 1.82) is 0 Å². The third-order valence-corrected chi connectivity index (χ3v) is 5.45. The summed E-state index contributed by atoms with van der Waals surface area (Å²) < 4.78 is 11.1. The molecule has 0 radical (unpaired) electrons. The number of cyclic esters (lactones) is 1. The van der Waals surface area contributed by atoms with E-state index in [1.165, 1.54) is 0 Å². The molecule has 1 aliphatic carbocycles. The van der Waals surface area contributed by atoms with Crippen LogP contribution in [0.2, 0.25) is 0 Å². The Morgan fingerprint density at radius 1 is 1.33 bits per heavy atom. The second-order valence-corrected chi connectivity index (χ2v) is 6.66. The van der Waals surface area contributed by atoms with Crippen LogP contribution in [-0.4, -0.2) is 43.3 Å². The molecule has 1 amide bonds. The Labute approximate surface area is 124 Å². The van der Waals surface area contributed by atoms with Crippen LogP contribution in [0.1, 0.15) is 32.6 Å². The lowest BCUT2D eigenvalue weighted by Gasteiger charge is -2.37. The fourth-order valence-electron chi connectivity index (χ4n) is 4.25. The van der Waals surface area contributed by atoms with Gasteiger partial charge in [-0.2, -0.15) is 5.48 Å². The summed E-state index contributed by atoms with van der Waals surface area (Å²) >= 11 is 0. The van der Waals surface area contributed by atoms with E-state index in [-0.39, 0.29) is 30.1 Å². The average molecular weight is 297 g/mol. The number of hydroxylamine groups is 1. The number of rotatable bonds is 2. The molecule has 21 heavy (non-hydrogen) atoms. The molecular formula is C14H23N3O4. The number of fused-ring (bicyclic) bond motifs is 2. The van der Waals surface area contributed by atoms with Crippen molar-refractivity contribution in [2.75, 3.05) is 13.2 Å². The Morgan fingerprint density at radius 2 is 2.24 bits per heavy atom. The summed E-state index contributed by atoms with van der Waals surface area (Å²) in [6.07, 6.45) is 4.30. The highest BCUT2D eigenvalue weighted by molar-refractivity contribution is 5.71. The Balaban J connectivity index is 1.40. The smallest absolute Gasteiger partial charge is 0.407 e. The fraction of sp³-hybridized carbons (Fsp3) is 0.929. The lowest BCUT2D eigenvalue weighted by atomic mass is 9.72. The minimum atomic E-state index is -0.306. The molecule has 7 nitrogen and oxygen atoms in total. The SMILES string of the molecule is CCC1NC(C2CCC3C(C2)OC[C@@]32COC(=O)N2)NO1. The Hall–Kier alpha value is -0.890. The minimum Gasteiger partial charge on any atom is -0.447 e. The maximum absolute atomic E-state index is 11.4. The molecule has 0 bridgehead atoms. The van der Waals surface area contributed by atoms with Gasteiger partial charge in [0, 0.05) is 5.92 Å². The number of hydrogen-bond acceptors (Lipinski definition) is 6. The molecule has 3 saturated heterocycles. The van der Waals surface area contributed by atoms with Gasteiger partial charge in [0.2, 0.25) is 0 Å². The highest BCUT2D eigenvalue weighted by Crippen LogP contribution is 2.45. The van der Waals surface area contributed by atoms with E-state index in [0.29, 0.717) is 25.0 Å². The van der Waals surface area contributed by atoms with E-state index in [0.717, 1.165) is 25.7 Å². The number of nitrogens with one attached hydrogen (secondary N) is 3. The predicted octanol–water partition coefficient (Wildman–Crippen LogP) is 0.467. The van der Waals surface area contributed by atoms with Gasteiger partial charge < -0.3 is 14.8 Å². The maximum Gasteiger partial charge on any atom is 0.407 e. The van der Waals surface area contributed by atoms with Crippen LogP contribution in [0.5, 0.6) is 0 Å². The molecule has 0 aromatic heterocycles. The van der Waals surface area contributed by atoms with E-state index in [1.54, 1.807) is 0 Å². The molecule has 7 heteroatoms. The van der Waals surface area contributed by atoms with Gasteiger partial charge in [-0.15, -0.1) is 0 Å². The van der Waals surface area contributed by atoms with Gasteiger partial charge in [0.15, 0.2) is 0 Å². The number of hydrogen-bond donors (Lipinski definition) is 3. The molecule has 3 aliphatic heterocycles. The number of carbonyl (C=O) groups is 1. The van der Waals surface area contributed by atoms with Gasteiger partial charge in [-0.05, 0) is 31.6 Å². The van der Waals surface area contributed by atoms with Crippen molar-refractivity contribution in [2.45, 2.75) is 56.6 Å². The summed E-state index contributed by atoms with van der Waals surface area (Å²) in [6.45, 7) is 3.12. The normalized spacial score (nSPS) is 49.2. The summed E-state index contributed by atoms with van der Waals surface area (Å²) in [5, 5.41) is 6.46. The van der Waals surface area contributed by atoms with E-state index in [9.17, 15) is 4.79 Å². The summed E-state index contributed by atoms with van der Waals surface area (Å²) in [4.78, 5) is 16.9. The first-order valence-electron chi connectivity index (χ1n) is 7.94. The second-order valence-electron chi connectivity index (χ2n) is 6.66. The van der Waals surface area contributed by atoms with Crippen LogP contribution in [0.25, 0.3) is 0 Å². The monoisotopic (exact) mass is 297 g/mol. The van der Waals surface area contributed by atoms with E-state index >= 15 is 0 Å². The molecule has 1 saturated carbocycles.